The summed E-state index contributed by atoms with van der Waals surface area (Å²) < 4.78 is 1.58. The summed E-state index contributed by atoms with van der Waals surface area (Å²) >= 11 is 1.45. The van der Waals surface area contributed by atoms with Gasteiger partial charge < -0.3 is 0 Å². The first-order valence-corrected chi connectivity index (χ1v) is 5.74. The average Bonchev–Trinajstić information content (AvgIpc) is 2.83. The van der Waals surface area contributed by atoms with Crippen LogP contribution < -0.4 is 5.56 Å². The summed E-state index contributed by atoms with van der Waals surface area (Å²) in [7, 11) is 0. The summed E-state index contributed by atoms with van der Waals surface area (Å²) in [6.45, 7) is 0. The van der Waals surface area contributed by atoms with Crippen molar-refractivity contribution in [1.29, 1.82) is 0 Å². The number of hydrogen-bond acceptors (Lipinski definition) is 3. The summed E-state index contributed by atoms with van der Waals surface area (Å²) in [4.78, 5) is 16.3. The van der Waals surface area contributed by atoms with Crippen molar-refractivity contribution < 1.29 is 0 Å². The zero-order chi connectivity index (χ0) is 11.0. The third-order valence-corrected chi connectivity index (χ3v) is 3.21. The lowest BCUT2D eigenvalue weighted by molar-refractivity contribution is 0.988. The Morgan fingerprint density at radius 1 is 1.19 bits per heavy atom. The van der Waals surface area contributed by atoms with Gasteiger partial charge in [-0.1, -0.05) is 18.2 Å². The fraction of sp³-hybridized carbons (Fsp3) is 0. The number of pyridine rings is 1. The van der Waals surface area contributed by atoms with Crippen molar-refractivity contribution in [1.82, 2.24) is 9.55 Å². The number of fused-ring (bicyclic) bond motifs is 1. The summed E-state index contributed by atoms with van der Waals surface area (Å²) in [5.74, 6) is 0. The molecule has 3 nitrogen and oxygen atoms in total. The second-order valence-electron chi connectivity index (χ2n) is 3.39. The van der Waals surface area contributed by atoms with E-state index < -0.39 is 0 Å². The molecule has 0 saturated heterocycles. The van der Waals surface area contributed by atoms with Crippen LogP contribution in [-0.2, 0) is 0 Å². The molecular weight excluding hydrogens is 220 g/mol. The highest BCUT2D eigenvalue weighted by atomic mass is 32.1. The van der Waals surface area contributed by atoms with E-state index in [0.29, 0.717) is 5.13 Å². The Kier molecular flexibility index (Phi) is 2.08. The molecule has 4 heteroatoms. The molecule has 0 bridgehead atoms. The van der Waals surface area contributed by atoms with Crippen LogP contribution in [0, 0.1) is 0 Å². The summed E-state index contributed by atoms with van der Waals surface area (Å²) in [5, 5.41) is 4.24. The van der Waals surface area contributed by atoms with Crippen LogP contribution in [0.1, 0.15) is 0 Å². The highest BCUT2D eigenvalue weighted by Gasteiger charge is 2.04. The number of nitrogens with zero attached hydrogens (tertiary/aromatic N) is 2. The van der Waals surface area contributed by atoms with Crippen LogP contribution in [0.15, 0.2) is 52.9 Å². The Balaban J connectivity index is 2.37. The van der Waals surface area contributed by atoms with E-state index in [2.05, 4.69) is 4.98 Å². The second kappa shape index (κ2) is 3.57. The molecule has 78 valence electrons. The molecule has 0 saturated carbocycles. The van der Waals surface area contributed by atoms with Gasteiger partial charge in [-0.15, -0.1) is 11.3 Å². The minimum absolute atomic E-state index is 0.0203. The molecule has 0 aliphatic rings. The molecule has 0 aliphatic heterocycles. The third kappa shape index (κ3) is 1.35. The van der Waals surface area contributed by atoms with E-state index in [1.54, 1.807) is 17.0 Å². The van der Waals surface area contributed by atoms with Crippen LogP contribution in [0.4, 0.5) is 0 Å². The number of hydrogen-bond donors (Lipinski definition) is 0. The predicted molar refractivity (Wildman–Crippen MR) is 65.2 cm³/mol. The molecular formula is C12H8N2OS. The minimum atomic E-state index is -0.0203. The van der Waals surface area contributed by atoms with Crippen molar-refractivity contribution in [3.63, 3.8) is 0 Å². The molecule has 0 unspecified atom stereocenters. The molecule has 0 atom stereocenters. The Morgan fingerprint density at radius 3 is 2.88 bits per heavy atom. The lowest BCUT2D eigenvalue weighted by atomic mass is 10.2. The zero-order valence-corrected chi connectivity index (χ0v) is 9.15. The van der Waals surface area contributed by atoms with Crippen molar-refractivity contribution >= 4 is 22.1 Å². The molecule has 16 heavy (non-hydrogen) atoms. The van der Waals surface area contributed by atoms with Gasteiger partial charge in [-0.05, 0) is 17.5 Å². The smallest absolute Gasteiger partial charge is 0.264 e. The van der Waals surface area contributed by atoms with Gasteiger partial charge in [0.1, 0.15) is 0 Å². The molecule has 0 aliphatic carbocycles. The third-order valence-electron chi connectivity index (χ3n) is 2.44. The number of aromatic nitrogens is 2. The monoisotopic (exact) mass is 228 g/mol. The summed E-state index contributed by atoms with van der Waals surface area (Å²) in [6.07, 6.45) is 3.46. The van der Waals surface area contributed by atoms with E-state index in [1.165, 1.54) is 11.3 Å². The molecule has 0 fully saturated rings. The van der Waals surface area contributed by atoms with Gasteiger partial charge in [0.25, 0.3) is 5.56 Å². The Morgan fingerprint density at radius 2 is 2.06 bits per heavy atom. The van der Waals surface area contributed by atoms with Gasteiger partial charge >= 0.3 is 0 Å². The number of benzene rings is 1. The van der Waals surface area contributed by atoms with Gasteiger partial charge in [0.15, 0.2) is 5.13 Å². The van der Waals surface area contributed by atoms with Gasteiger partial charge in [0.05, 0.1) is 0 Å². The van der Waals surface area contributed by atoms with Crippen molar-refractivity contribution in [2.45, 2.75) is 0 Å². The normalized spacial score (nSPS) is 10.8. The SMILES string of the molecule is O=c1c2ccccc2ccn1-c1nccs1. The van der Waals surface area contributed by atoms with E-state index in [0.717, 1.165) is 10.8 Å². The van der Waals surface area contributed by atoms with Gasteiger partial charge in [-0.3, -0.25) is 9.36 Å². The van der Waals surface area contributed by atoms with Crippen LogP contribution in [0.5, 0.6) is 0 Å². The van der Waals surface area contributed by atoms with Crippen molar-refractivity contribution in [3.8, 4) is 5.13 Å². The van der Waals surface area contributed by atoms with Crippen LogP contribution in [0.2, 0.25) is 0 Å². The number of rotatable bonds is 1. The standard InChI is InChI=1S/C12H8N2OS/c15-11-10-4-2-1-3-9(10)5-7-14(11)12-13-6-8-16-12/h1-8H. The molecule has 0 N–H and O–H groups in total. The minimum Gasteiger partial charge on any atom is -0.268 e. The van der Waals surface area contributed by atoms with Crippen molar-refractivity contribution in [2.24, 2.45) is 0 Å². The van der Waals surface area contributed by atoms with E-state index in [1.807, 2.05) is 35.7 Å². The largest absolute Gasteiger partial charge is 0.268 e. The van der Waals surface area contributed by atoms with Crippen LogP contribution in [-0.4, -0.2) is 9.55 Å². The van der Waals surface area contributed by atoms with Crippen LogP contribution in [0.3, 0.4) is 0 Å². The van der Waals surface area contributed by atoms with Crippen LogP contribution >= 0.6 is 11.3 Å². The average molecular weight is 228 g/mol. The predicted octanol–water partition coefficient (Wildman–Crippen LogP) is 2.45. The first-order valence-electron chi connectivity index (χ1n) is 4.86. The molecule has 1 aromatic carbocycles. The second-order valence-corrected chi connectivity index (χ2v) is 4.27. The molecule has 0 radical (unpaired) electrons. The molecule has 3 rings (SSSR count). The van der Waals surface area contributed by atoms with Gasteiger partial charge in [-0.25, -0.2) is 4.98 Å². The maximum absolute atomic E-state index is 12.2. The lowest BCUT2D eigenvalue weighted by Crippen LogP contribution is -2.17. The fourth-order valence-electron chi connectivity index (χ4n) is 1.67. The van der Waals surface area contributed by atoms with E-state index in [4.69, 9.17) is 0 Å². The molecule has 2 heterocycles. The van der Waals surface area contributed by atoms with Crippen LogP contribution in [0.25, 0.3) is 15.9 Å². The summed E-state index contributed by atoms with van der Waals surface area (Å²) in [5.41, 5.74) is -0.0203. The first kappa shape index (κ1) is 9.30. The highest BCUT2D eigenvalue weighted by molar-refractivity contribution is 7.12. The maximum Gasteiger partial charge on any atom is 0.264 e. The fourth-order valence-corrected chi connectivity index (χ4v) is 2.30. The quantitative estimate of drug-likeness (QED) is 0.641. The molecule has 0 amide bonds. The molecule has 0 spiro atoms. The summed E-state index contributed by atoms with van der Waals surface area (Å²) in [6, 6.07) is 9.49. The highest BCUT2D eigenvalue weighted by Crippen LogP contribution is 2.12. The van der Waals surface area contributed by atoms with E-state index in [9.17, 15) is 4.79 Å². The topological polar surface area (TPSA) is 34.9 Å². The number of thiazole rings is 1. The Bertz CT molecular complexity index is 686. The molecule has 2 aromatic heterocycles. The zero-order valence-electron chi connectivity index (χ0n) is 8.33. The maximum atomic E-state index is 12.2. The van der Waals surface area contributed by atoms with E-state index >= 15 is 0 Å². The van der Waals surface area contributed by atoms with Gasteiger partial charge in [0, 0.05) is 23.2 Å². The van der Waals surface area contributed by atoms with Crippen molar-refractivity contribution in [2.75, 3.05) is 0 Å². The van der Waals surface area contributed by atoms with E-state index in [-0.39, 0.29) is 5.56 Å². The Hall–Kier alpha value is -1.94. The first-order chi connectivity index (χ1) is 7.86. The van der Waals surface area contributed by atoms with Crippen molar-refractivity contribution in [3.05, 3.63) is 58.5 Å². The molecule has 3 aromatic rings. The Labute approximate surface area is 95.6 Å². The lowest BCUT2D eigenvalue weighted by Gasteiger charge is -2.02. The van der Waals surface area contributed by atoms with Gasteiger partial charge in [-0.2, -0.15) is 0 Å². The van der Waals surface area contributed by atoms with Gasteiger partial charge in [0.2, 0.25) is 0 Å².